The van der Waals surface area contributed by atoms with E-state index >= 15 is 0 Å². The fourth-order valence-corrected chi connectivity index (χ4v) is 5.67. The average Bonchev–Trinajstić information content (AvgIpc) is 2.64. The molecule has 0 bridgehead atoms. The van der Waals surface area contributed by atoms with E-state index in [1.54, 1.807) is 4.31 Å². The van der Waals surface area contributed by atoms with E-state index in [0.29, 0.717) is 32.0 Å². The van der Waals surface area contributed by atoms with Crippen LogP contribution in [-0.2, 0) is 20.6 Å². The molecule has 0 unspecified atom stereocenters. The fourth-order valence-electron chi connectivity index (χ4n) is 3.84. The van der Waals surface area contributed by atoms with Gasteiger partial charge in [0, 0.05) is 29.5 Å². The van der Waals surface area contributed by atoms with Gasteiger partial charge in [-0.15, -0.1) is 0 Å². The van der Waals surface area contributed by atoms with Gasteiger partial charge in [-0.3, -0.25) is 4.79 Å². The first kappa shape index (κ1) is 19.8. The lowest BCUT2D eigenvalue weighted by molar-refractivity contribution is -0.127. The molecule has 1 aliphatic carbocycles. The molecule has 1 saturated carbocycles. The topological polar surface area (TPSA) is 66.5 Å². The highest BCUT2D eigenvalue weighted by molar-refractivity contribution is 9.10. The molecule has 1 aliphatic heterocycles. The lowest BCUT2D eigenvalue weighted by Crippen LogP contribution is -2.45. The van der Waals surface area contributed by atoms with Gasteiger partial charge in [-0.2, -0.15) is 0 Å². The first-order chi connectivity index (χ1) is 12.4. The summed E-state index contributed by atoms with van der Waals surface area (Å²) in [5, 5.41) is 3.18. The Bertz CT molecular complexity index is 707. The van der Waals surface area contributed by atoms with Crippen LogP contribution < -0.4 is 5.32 Å². The van der Waals surface area contributed by atoms with E-state index in [4.69, 9.17) is 0 Å². The van der Waals surface area contributed by atoms with Gasteiger partial charge in [0.15, 0.2) is 0 Å². The van der Waals surface area contributed by atoms with Crippen molar-refractivity contribution in [2.24, 2.45) is 5.92 Å². The Hall–Kier alpha value is -0.920. The number of nitrogens with zero attached hydrogens (tertiary/aromatic N) is 1. The molecule has 1 amide bonds. The van der Waals surface area contributed by atoms with Crippen LogP contribution in [0, 0.1) is 5.92 Å². The highest BCUT2D eigenvalue weighted by Crippen LogP contribution is 2.24. The SMILES string of the molecule is O=C(NC1CCCCC1)C1CCN(S(=O)(=O)Cc2ccc(Br)cc2)CC1. The van der Waals surface area contributed by atoms with Crippen LogP contribution in [0.2, 0.25) is 0 Å². The van der Waals surface area contributed by atoms with Crippen LogP contribution in [0.4, 0.5) is 0 Å². The summed E-state index contributed by atoms with van der Waals surface area (Å²) in [6, 6.07) is 7.67. The van der Waals surface area contributed by atoms with Crippen molar-refractivity contribution < 1.29 is 13.2 Å². The third kappa shape index (κ3) is 5.30. The summed E-state index contributed by atoms with van der Waals surface area (Å²) in [5.74, 6) is 0.0667. The minimum absolute atomic E-state index is 0.0131. The van der Waals surface area contributed by atoms with Gasteiger partial charge in [-0.1, -0.05) is 47.3 Å². The Labute approximate surface area is 164 Å². The molecule has 1 aromatic rings. The molecular weight excluding hydrogens is 416 g/mol. The van der Waals surface area contributed by atoms with E-state index < -0.39 is 10.0 Å². The molecule has 3 rings (SSSR count). The van der Waals surface area contributed by atoms with Crippen LogP contribution in [0.3, 0.4) is 0 Å². The fraction of sp³-hybridized carbons (Fsp3) is 0.632. The minimum atomic E-state index is -3.34. The lowest BCUT2D eigenvalue weighted by Gasteiger charge is -2.32. The van der Waals surface area contributed by atoms with E-state index in [0.717, 1.165) is 22.9 Å². The molecule has 1 N–H and O–H groups in total. The Morgan fingerprint density at radius 1 is 1.04 bits per heavy atom. The number of amides is 1. The second kappa shape index (κ2) is 8.85. The molecule has 0 spiro atoms. The molecule has 7 heteroatoms. The summed E-state index contributed by atoms with van der Waals surface area (Å²) in [6.45, 7) is 0.864. The molecule has 0 radical (unpaired) electrons. The highest BCUT2D eigenvalue weighted by Gasteiger charge is 2.32. The molecule has 5 nitrogen and oxygen atoms in total. The number of piperidine rings is 1. The predicted molar refractivity (Wildman–Crippen MR) is 106 cm³/mol. The molecule has 1 aromatic carbocycles. The van der Waals surface area contributed by atoms with Gasteiger partial charge in [0.2, 0.25) is 15.9 Å². The second-order valence-corrected chi connectivity index (χ2v) is 10.3. The van der Waals surface area contributed by atoms with E-state index in [1.165, 1.54) is 19.3 Å². The highest BCUT2D eigenvalue weighted by atomic mass is 79.9. The number of benzene rings is 1. The molecule has 1 heterocycles. The van der Waals surface area contributed by atoms with Gasteiger partial charge in [0.1, 0.15) is 0 Å². The number of hydrogen-bond donors (Lipinski definition) is 1. The zero-order valence-corrected chi connectivity index (χ0v) is 17.4. The zero-order valence-electron chi connectivity index (χ0n) is 15.0. The number of nitrogens with one attached hydrogen (secondary N) is 1. The first-order valence-electron chi connectivity index (χ1n) is 9.47. The minimum Gasteiger partial charge on any atom is -0.353 e. The lowest BCUT2D eigenvalue weighted by atomic mass is 9.93. The van der Waals surface area contributed by atoms with Crippen LogP contribution in [-0.4, -0.2) is 37.8 Å². The Balaban J connectivity index is 1.50. The normalized spacial score (nSPS) is 20.8. The first-order valence-corrected chi connectivity index (χ1v) is 11.9. The molecule has 1 saturated heterocycles. The molecule has 26 heavy (non-hydrogen) atoms. The summed E-state index contributed by atoms with van der Waals surface area (Å²) in [6.07, 6.45) is 7.02. The summed E-state index contributed by atoms with van der Waals surface area (Å²) in [7, 11) is -3.34. The maximum absolute atomic E-state index is 12.6. The van der Waals surface area contributed by atoms with Gasteiger partial charge in [-0.25, -0.2) is 12.7 Å². The third-order valence-corrected chi connectivity index (χ3v) is 7.81. The summed E-state index contributed by atoms with van der Waals surface area (Å²) in [5.41, 5.74) is 0.783. The maximum Gasteiger partial charge on any atom is 0.223 e. The largest absolute Gasteiger partial charge is 0.353 e. The van der Waals surface area contributed by atoms with Crippen LogP contribution in [0.15, 0.2) is 28.7 Å². The van der Waals surface area contributed by atoms with Gasteiger partial charge in [0.05, 0.1) is 5.75 Å². The number of rotatable bonds is 5. The molecule has 2 fully saturated rings. The Kier molecular flexibility index (Phi) is 6.75. The number of carbonyl (C=O) groups excluding carboxylic acids is 1. The van der Waals surface area contributed by atoms with Crippen molar-refractivity contribution in [3.63, 3.8) is 0 Å². The third-order valence-electron chi connectivity index (χ3n) is 5.43. The Morgan fingerprint density at radius 3 is 2.27 bits per heavy atom. The van der Waals surface area contributed by atoms with Crippen molar-refractivity contribution in [1.82, 2.24) is 9.62 Å². The van der Waals surface area contributed by atoms with Gasteiger partial charge < -0.3 is 5.32 Å². The van der Waals surface area contributed by atoms with Gasteiger partial charge in [-0.05, 0) is 43.4 Å². The standard InChI is InChI=1S/C19H27BrN2O3S/c20-17-8-6-15(7-9-17)14-26(24,25)22-12-10-16(11-13-22)19(23)21-18-4-2-1-3-5-18/h6-9,16,18H,1-5,10-14H2,(H,21,23). The van der Waals surface area contributed by atoms with E-state index in [9.17, 15) is 13.2 Å². The number of sulfonamides is 1. The number of carbonyl (C=O) groups is 1. The zero-order chi connectivity index (χ0) is 18.6. The second-order valence-electron chi connectivity index (χ2n) is 7.40. The summed E-state index contributed by atoms with van der Waals surface area (Å²) >= 11 is 3.36. The van der Waals surface area contributed by atoms with E-state index in [1.807, 2.05) is 24.3 Å². The molecule has 144 valence electrons. The molecular formula is C19H27BrN2O3S. The number of halogens is 1. The van der Waals surface area contributed by atoms with Crippen molar-refractivity contribution in [2.75, 3.05) is 13.1 Å². The van der Waals surface area contributed by atoms with Crippen molar-refractivity contribution >= 4 is 31.9 Å². The van der Waals surface area contributed by atoms with Crippen LogP contribution in [0.25, 0.3) is 0 Å². The van der Waals surface area contributed by atoms with Gasteiger partial charge in [0.25, 0.3) is 0 Å². The average molecular weight is 443 g/mol. The van der Waals surface area contributed by atoms with Crippen molar-refractivity contribution in [3.05, 3.63) is 34.3 Å². The summed E-state index contributed by atoms with van der Waals surface area (Å²) < 4.78 is 27.8. The van der Waals surface area contributed by atoms with Gasteiger partial charge >= 0.3 is 0 Å². The quantitative estimate of drug-likeness (QED) is 0.758. The van der Waals surface area contributed by atoms with Crippen LogP contribution in [0.1, 0.15) is 50.5 Å². The van der Waals surface area contributed by atoms with E-state index in [2.05, 4.69) is 21.2 Å². The molecule has 2 aliphatic rings. The van der Waals surface area contributed by atoms with E-state index in [-0.39, 0.29) is 17.6 Å². The summed E-state index contributed by atoms with van der Waals surface area (Å²) in [4.78, 5) is 12.5. The monoisotopic (exact) mass is 442 g/mol. The van der Waals surface area contributed by atoms with Crippen molar-refractivity contribution in [1.29, 1.82) is 0 Å². The van der Waals surface area contributed by atoms with Crippen LogP contribution in [0.5, 0.6) is 0 Å². The van der Waals surface area contributed by atoms with Crippen molar-refractivity contribution in [2.45, 2.75) is 56.7 Å². The smallest absolute Gasteiger partial charge is 0.223 e. The molecule has 0 atom stereocenters. The van der Waals surface area contributed by atoms with Crippen molar-refractivity contribution in [3.8, 4) is 0 Å². The van der Waals surface area contributed by atoms with Crippen LogP contribution >= 0.6 is 15.9 Å². The Morgan fingerprint density at radius 2 is 1.65 bits per heavy atom. The molecule has 0 aromatic heterocycles. The predicted octanol–water partition coefficient (Wildman–Crippen LogP) is 3.44. The maximum atomic E-state index is 12.6. The number of hydrogen-bond acceptors (Lipinski definition) is 3.